The minimum Gasteiger partial charge on any atom is -0.495 e. The van der Waals surface area contributed by atoms with Gasteiger partial charge in [0.2, 0.25) is 23.6 Å². The van der Waals surface area contributed by atoms with E-state index in [0.29, 0.717) is 37.4 Å². The molecule has 3 aliphatic rings. The van der Waals surface area contributed by atoms with E-state index >= 15 is 0 Å². The van der Waals surface area contributed by atoms with E-state index in [2.05, 4.69) is 32.0 Å². The first kappa shape index (κ1) is 68.5. The maximum atomic E-state index is 14.5. The van der Waals surface area contributed by atoms with Gasteiger partial charge >= 0.3 is 18.0 Å². The van der Waals surface area contributed by atoms with E-state index in [1.807, 2.05) is 70.2 Å². The molecule has 474 valence electrons. The highest BCUT2D eigenvalue weighted by Gasteiger charge is 2.64. The van der Waals surface area contributed by atoms with Crippen LogP contribution in [0.2, 0.25) is 5.02 Å². The number of likely N-dealkylation sites (N-methyl/N-ethyl adjacent to an activating group) is 1. The van der Waals surface area contributed by atoms with Crippen LogP contribution < -0.4 is 31.0 Å². The van der Waals surface area contributed by atoms with Gasteiger partial charge in [0.05, 0.1) is 37.5 Å². The van der Waals surface area contributed by atoms with Crippen LogP contribution in [0.1, 0.15) is 112 Å². The van der Waals surface area contributed by atoms with Gasteiger partial charge in [0.1, 0.15) is 46.8 Å². The highest BCUT2D eigenvalue weighted by Crippen LogP contribution is 2.49. The summed E-state index contributed by atoms with van der Waals surface area (Å²) < 4.78 is 38.0. The average molecular weight is 1220 g/mol. The highest BCUT2D eigenvalue weighted by molar-refractivity contribution is 6.35. The Bertz CT molecular complexity index is 3020. The van der Waals surface area contributed by atoms with Crippen molar-refractivity contribution in [1.82, 2.24) is 35.9 Å². The molecule has 0 saturated carbocycles. The molecule has 2 fully saturated rings. The molecule has 23 nitrogen and oxygen atoms in total. The Morgan fingerprint density at radius 1 is 1.03 bits per heavy atom. The second kappa shape index (κ2) is 28.9. The van der Waals surface area contributed by atoms with Crippen molar-refractivity contribution in [1.29, 1.82) is 0 Å². The van der Waals surface area contributed by atoms with E-state index in [1.54, 1.807) is 59.0 Å². The Labute approximate surface area is 509 Å². The summed E-state index contributed by atoms with van der Waals surface area (Å²) in [5.74, 6) is -4.03. The summed E-state index contributed by atoms with van der Waals surface area (Å²) in [7, 11) is 9.65. The summed E-state index contributed by atoms with van der Waals surface area (Å²) in [5, 5.41) is 32.6. The lowest BCUT2D eigenvalue weighted by molar-refractivity contribution is -0.164. The highest BCUT2D eigenvalue weighted by atomic mass is 35.5. The first-order valence-corrected chi connectivity index (χ1v) is 29.5. The first-order chi connectivity index (χ1) is 40.4. The quantitative estimate of drug-likeness (QED) is 0.0331. The zero-order valence-corrected chi connectivity index (χ0v) is 52.9. The lowest BCUT2D eigenvalue weighted by Gasteiger charge is -2.42. The van der Waals surface area contributed by atoms with Crippen molar-refractivity contribution in [3.63, 3.8) is 0 Å². The number of rotatable bonds is 24. The number of esters is 1. The molecule has 3 aromatic rings. The third-order valence-electron chi connectivity index (χ3n) is 16.8. The fraction of sp³-hybridized carbons (Fsp3) is 0.597. The Hall–Kier alpha value is -6.60. The van der Waals surface area contributed by atoms with Crippen molar-refractivity contribution in [2.45, 2.75) is 173 Å². The topological polar surface area (TPSA) is 281 Å². The molecule has 4 bridgehead atoms. The number of carbonyl (C=O) groups excluding carboxylic acids is 6. The van der Waals surface area contributed by atoms with Crippen LogP contribution in [0.25, 0.3) is 10.9 Å². The number of para-hydroxylation sites is 1. The molecule has 0 spiro atoms. The van der Waals surface area contributed by atoms with Crippen LogP contribution >= 0.6 is 11.6 Å². The second-order valence-corrected chi connectivity index (χ2v) is 24.7. The van der Waals surface area contributed by atoms with Crippen molar-refractivity contribution in [3.05, 3.63) is 82.5 Å². The molecule has 2 saturated heterocycles. The number of halogens is 1. The fourth-order valence-electron chi connectivity index (χ4n) is 11.0. The number of carbonyl (C=O) groups is 7. The minimum absolute atomic E-state index is 0.0471. The van der Waals surface area contributed by atoms with Gasteiger partial charge in [-0.25, -0.2) is 14.6 Å². The van der Waals surface area contributed by atoms with Gasteiger partial charge in [0.25, 0.3) is 0 Å². The maximum absolute atomic E-state index is 14.5. The standard InChI is InChI=1S/C62H89ClN8O15/c1-37-18-17-21-48(82-14)62(80)35-47(84-58(79)67-62)38(2)54-61(8,86-54)49(34-51(73)70(12)45-31-40(30-37)32-46(81-13)53(45)63)85-56(77)39(3)69(11)57(78)59(4,5)26-29-83-60(6,7)25-27-65-55(76)43(22-23-52(74)75)66-50(72)24-28-71-42(36-68(10)64-9)33-41-19-15-16-20-44(41)71/h15-21,31-33,38-39,43,47-49,54,64,80H,22-30,34-36H2,1-14H3,(H,65,76)(H,66,72)(H,67,79)(H,74,75)/b21-17+,37-18+/t38-,39+,43+,47+,48-,49+,54?,61+,62+/m1/s1. The second-order valence-electron chi connectivity index (χ2n) is 24.3. The minimum atomic E-state index is -1.89. The number of methoxy groups -OCH3 is 2. The van der Waals surface area contributed by atoms with Crippen molar-refractivity contribution in [3.8, 4) is 5.75 Å². The van der Waals surface area contributed by atoms with Crippen LogP contribution in [0.5, 0.6) is 5.75 Å². The fourth-order valence-corrected chi connectivity index (χ4v) is 11.3. The van der Waals surface area contributed by atoms with Gasteiger partial charge in [-0.3, -0.25) is 34.7 Å². The number of aryl methyl sites for hydroxylation is 1. The number of aliphatic carboxylic acids is 1. The molecule has 5 amide bonds. The number of aromatic nitrogens is 1. The normalized spacial score (nSPS) is 24.5. The van der Waals surface area contributed by atoms with Crippen molar-refractivity contribution >= 4 is 69.9 Å². The number of allylic oxidation sites excluding steroid dienone is 3. The molecule has 4 heterocycles. The third kappa shape index (κ3) is 17.1. The molecular weight excluding hydrogens is 1130 g/mol. The molecule has 1 unspecified atom stereocenters. The number of anilines is 1. The number of carboxylic acid groups (broad SMARTS) is 1. The summed E-state index contributed by atoms with van der Waals surface area (Å²) in [6.45, 7) is 15.2. The summed E-state index contributed by atoms with van der Waals surface area (Å²) >= 11 is 6.86. The van der Waals surface area contributed by atoms with Crippen LogP contribution in [0.4, 0.5) is 10.5 Å². The Morgan fingerprint density at radius 3 is 2.42 bits per heavy atom. The number of benzene rings is 2. The number of epoxide rings is 1. The summed E-state index contributed by atoms with van der Waals surface area (Å²) in [4.78, 5) is 97.5. The van der Waals surface area contributed by atoms with Crippen LogP contribution in [0.3, 0.4) is 0 Å². The zero-order chi connectivity index (χ0) is 63.6. The van der Waals surface area contributed by atoms with Gasteiger partial charge in [-0.15, -0.1) is 0 Å². The third-order valence-corrected chi connectivity index (χ3v) is 17.2. The van der Waals surface area contributed by atoms with E-state index in [-0.39, 0.29) is 50.3 Å². The summed E-state index contributed by atoms with van der Waals surface area (Å²) in [6.07, 6.45) is 0.466. The van der Waals surface area contributed by atoms with Crippen LogP contribution in [-0.2, 0) is 72.0 Å². The van der Waals surface area contributed by atoms with Gasteiger partial charge in [-0.05, 0) is 103 Å². The molecule has 1 aromatic heterocycles. The number of amides is 5. The van der Waals surface area contributed by atoms with E-state index in [9.17, 15) is 43.8 Å². The van der Waals surface area contributed by atoms with Gasteiger partial charge in [-0.2, -0.15) is 0 Å². The molecule has 86 heavy (non-hydrogen) atoms. The number of hydrogen-bond acceptors (Lipinski definition) is 16. The number of nitrogens with one attached hydrogen (secondary N) is 4. The lowest BCUT2D eigenvalue weighted by atomic mass is 9.83. The molecule has 3 aliphatic heterocycles. The monoisotopic (exact) mass is 1220 g/mol. The predicted octanol–water partition coefficient (Wildman–Crippen LogP) is 6.19. The number of fused-ring (bicyclic) bond motifs is 6. The molecule has 9 atom stereocenters. The Kier molecular flexibility index (Phi) is 23.1. The zero-order valence-electron chi connectivity index (χ0n) is 52.2. The SMILES string of the molecule is CNN(C)Cc1cc2ccccc2n1CCC(=O)N[C@@H](CCC(=O)O)C(=O)NCCC(C)(C)OCCC(C)(C)C(=O)N(C)[C@@H](C)C(=O)O[C@H]1CC(=O)N(C)c2cc(cc(OC)c2Cl)C/C(C)=C/C=C/[C@@H](OC)[C@@]2(O)C[C@H](OC(=O)N2)[C@@H](C)C2O[C@]21C. The van der Waals surface area contributed by atoms with Gasteiger partial charge in [0, 0.05) is 89.8 Å². The number of aliphatic hydroxyl groups is 1. The lowest BCUT2D eigenvalue weighted by Crippen LogP contribution is -2.63. The first-order valence-electron chi connectivity index (χ1n) is 29.1. The van der Waals surface area contributed by atoms with Crippen molar-refractivity contribution < 1.29 is 72.2 Å². The Balaban J connectivity index is 1.08. The molecule has 24 heteroatoms. The predicted molar refractivity (Wildman–Crippen MR) is 323 cm³/mol. The summed E-state index contributed by atoms with van der Waals surface area (Å²) in [5.41, 5.74) is 1.94. The average Bonchev–Trinajstić information content (AvgIpc) is 1.60. The maximum Gasteiger partial charge on any atom is 0.409 e. The van der Waals surface area contributed by atoms with E-state index in [4.69, 9.17) is 40.0 Å². The molecule has 0 aliphatic carbocycles. The largest absolute Gasteiger partial charge is 0.495 e. The van der Waals surface area contributed by atoms with Crippen LogP contribution in [-0.4, -0.2) is 175 Å². The van der Waals surface area contributed by atoms with Crippen molar-refractivity contribution in [2.24, 2.45) is 11.3 Å². The van der Waals surface area contributed by atoms with Crippen molar-refractivity contribution in [2.75, 3.05) is 60.5 Å². The number of hydrazine groups is 1. The van der Waals surface area contributed by atoms with Gasteiger partial charge in [-0.1, -0.05) is 74.4 Å². The molecule has 0 radical (unpaired) electrons. The van der Waals surface area contributed by atoms with Gasteiger partial charge < -0.3 is 63.6 Å². The molecule has 6 N–H and O–H groups in total. The Morgan fingerprint density at radius 2 is 1.74 bits per heavy atom. The van der Waals surface area contributed by atoms with Gasteiger partial charge in [0.15, 0.2) is 5.72 Å². The van der Waals surface area contributed by atoms with Crippen LogP contribution in [0, 0.1) is 11.3 Å². The number of ether oxygens (including phenoxy) is 6. The number of alkyl carbamates (subject to hydrolysis) is 1. The molecule has 2 aromatic carbocycles. The molecular formula is C62H89ClN8O15. The number of carboxylic acids is 1. The molecule has 6 rings (SSSR count). The number of nitrogens with zero attached hydrogens (tertiary/aromatic N) is 4. The van der Waals surface area contributed by atoms with Crippen LogP contribution in [0.15, 0.2) is 66.3 Å². The smallest absolute Gasteiger partial charge is 0.409 e. The summed E-state index contributed by atoms with van der Waals surface area (Å²) in [6, 6.07) is 11.2. The van der Waals surface area contributed by atoms with E-state index < -0.39 is 113 Å². The number of hydrogen-bond donors (Lipinski definition) is 6. The van der Waals surface area contributed by atoms with E-state index in [1.165, 1.54) is 38.0 Å². The van der Waals surface area contributed by atoms with E-state index in [0.717, 1.165) is 27.7 Å².